The van der Waals surface area contributed by atoms with Gasteiger partial charge in [0.2, 0.25) is 0 Å². The van der Waals surface area contributed by atoms with Crippen molar-refractivity contribution in [3.8, 4) is 0 Å². The van der Waals surface area contributed by atoms with Crippen LogP contribution in [-0.2, 0) is 13.1 Å². The van der Waals surface area contributed by atoms with E-state index in [0.29, 0.717) is 5.02 Å². The van der Waals surface area contributed by atoms with Gasteiger partial charge in [0, 0.05) is 44.3 Å². The van der Waals surface area contributed by atoms with E-state index >= 15 is 0 Å². The second-order valence-corrected chi connectivity index (χ2v) is 6.32. The van der Waals surface area contributed by atoms with Crippen molar-refractivity contribution in [3.05, 3.63) is 70.2 Å². The minimum atomic E-state index is -0.303. The van der Waals surface area contributed by atoms with E-state index in [4.69, 9.17) is 11.6 Å². The van der Waals surface area contributed by atoms with Crippen molar-refractivity contribution >= 4 is 11.6 Å². The molecule has 1 saturated heterocycles. The van der Waals surface area contributed by atoms with Crippen molar-refractivity contribution in [2.45, 2.75) is 13.1 Å². The maximum Gasteiger partial charge on any atom is 0.124 e. The Bertz CT molecular complexity index is 653. The number of nitrogens with zero attached hydrogens (tertiary/aromatic N) is 2. The van der Waals surface area contributed by atoms with Crippen molar-refractivity contribution in [2.24, 2.45) is 0 Å². The minimum absolute atomic E-state index is 0.199. The first-order chi connectivity index (χ1) is 11.1. The van der Waals surface area contributed by atoms with Gasteiger partial charge in [-0.1, -0.05) is 29.8 Å². The molecule has 23 heavy (non-hydrogen) atoms. The summed E-state index contributed by atoms with van der Waals surface area (Å²) >= 11 is 6.09. The van der Waals surface area contributed by atoms with Crippen LogP contribution in [0.3, 0.4) is 0 Å². The third-order valence-corrected chi connectivity index (χ3v) is 4.55. The van der Waals surface area contributed by atoms with E-state index in [1.54, 1.807) is 6.07 Å². The molecule has 0 bridgehead atoms. The van der Waals surface area contributed by atoms with Gasteiger partial charge in [-0.3, -0.25) is 9.80 Å². The molecular formula is C18H19ClF2N2. The average molecular weight is 337 g/mol. The van der Waals surface area contributed by atoms with Crippen LogP contribution in [0.2, 0.25) is 5.02 Å². The lowest BCUT2D eigenvalue weighted by Gasteiger charge is -2.34. The summed E-state index contributed by atoms with van der Waals surface area (Å²) in [5.41, 5.74) is 2.08. The highest BCUT2D eigenvalue weighted by Crippen LogP contribution is 2.20. The number of benzene rings is 2. The maximum absolute atomic E-state index is 13.1. The molecule has 0 N–H and O–H groups in total. The molecule has 1 aliphatic rings. The summed E-state index contributed by atoms with van der Waals surface area (Å²) in [6, 6.07) is 11.2. The van der Waals surface area contributed by atoms with E-state index in [-0.39, 0.29) is 11.6 Å². The SMILES string of the molecule is Fc1ccc(CN2CCN(Cc3ccc(F)cc3Cl)CC2)cc1. The summed E-state index contributed by atoms with van der Waals surface area (Å²) in [7, 11) is 0. The Balaban J connectivity index is 1.51. The van der Waals surface area contributed by atoms with E-state index in [1.165, 1.54) is 24.3 Å². The Hall–Kier alpha value is -1.49. The van der Waals surface area contributed by atoms with Crippen LogP contribution in [0.1, 0.15) is 11.1 Å². The largest absolute Gasteiger partial charge is 0.297 e. The van der Waals surface area contributed by atoms with Crippen LogP contribution in [0.4, 0.5) is 8.78 Å². The zero-order chi connectivity index (χ0) is 16.2. The second-order valence-electron chi connectivity index (χ2n) is 5.91. The zero-order valence-electron chi connectivity index (χ0n) is 12.8. The Kier molecular flexibility index (Phi) is 5.26. The van der Waals surface area contributed by atoms with Crippen LogP contribution in [0.15, 0.2) is 42.5 Å². The van der Waals surface area contributed by atoms with Crippen LogP contribution >= 0.6 is 11.6 Å². The molecule has 0 aliphatic carbocycles. The maximum atomic E-state index is 13.1. The van der Waals surface area contributed by atoms with Crippen LogP contribution < -0.4 is 0 Å². The topological polar surface area (TPSA) is 6.48 Å². The summed E-state index contributed by atoms with van der Waals surface area (Å²) in [6.07, 6.45) is 0. The van der Waals surface area contributed by atoms with Gasteiger partial charge in [-0.25, -0.2) is 8.78 Å². The fraction of sp³-hybridized carbons (Fsp3) is 0.333. The van der Waals surface area contributed by atoms with Crippen LogP contribution in [0, 0.1) is 11.6 Å². The standard InChI is InChI=1S/C18H19ClF2N2/c19-18-11-17(21)6-3-15(18)13-23-9-7-22(8-10-23)12-14-1-4-16(20)5-2-14/h1-6,11H,7-10,12-13H2. The molecule has 0 unspecified atom stereocenters. The van der Waals surface area contributed by atoms with Crippen molar-refractivity contribution in [3.63, 3.8) is 0 Å². The lowest BCUT2D eigenvalue weighted by molar-refractivity contribution is 0.122. The molecule has 2 aromatic carbocycles. The van der Waals surface area contributed by atoms with Crippen molar-refractivity contribution in [1.29, 1.82) is 0 Å². The number of hydrogen-bond acceptors (Lipinski definition) is 2. The minimum Gasteiger partial charge on any atom is -0.297 e. The summed E-state index contributed by atoms with van der Waals surface area (Å²) in [4.78, 5) is 4.68. The van der Waals surface area contributed by atoms with E-state index in [0.717, 1.165) is 50.4 Å². The predicted octanol–water partition coefficient (Wildman–Crippen LogP) is 3.94. The summed E-state index contributed by atoms with van der Waals surface area (Å²) < 4.78 is 26.0. The second kappa shape index (κ2) is 7.39. The first-order valence-corrected chi connectivity index (χ1v) is 8.11. The molecule has 1 aliphatic heterocycles. The molecule has 0 amide bonds. The zero-order valence-corrected chi connectivity index (χ0v) is 13.6. The van der Waals surface area contributed by atoms with E-state index < -0.39 is 0 Å². The van der Waals surface area contributed by atoms with E-state index in [9.17, 15) is 8.78 Å². The van der Waals surface area contributed by atoms with Crippen molar-refractivity contribution in [2.75, 3.05) is 26.2 Å². The smallest absolute Gasteiger partial charge is 0.124 e. The molecular weight excluding hydrogens is 318 g/mol. The summed E-state index contributed by atoms with van der Waals surface area (Å²) in [6.45, 7) is 5.37. The van der Waals surface area contributed by atoms with Gasteiger partial charge in [-0.2, -0.15) is 0 Å². The quantitative estimate of drug-likeness (QED) is 0.834. The van der Waals surface area contributed by atoms with Gasteiger partial charge in [-0.05, 0) is 35.4 Å². The molecule has 2 nitrogen and oxygen atoms in total. The summed E-state index contributed by atoms with van der Waals surface area (Å²) in [5.74, 6) is -0.502. The van der Waals surface area contributed by atoms with E-state index in [2.05, 4.69) is 9.80 Å². The van der Waals surface area contributed by atoms with Crippen molar-refractivity contribution in [1.82, 2.24) is 9.80 Å². The Labute approximate surface area is 140 Å². The highest BCUT2D eigenvalue weighted by Gasteiger charge is 2.18. The molecule has 0 radical (unpaired) electrons. The third kappa shape index (κ3) is 4.50. The molecule has 5 heteroatoms. The van der Waals surface area contributed by atoms with Gasteiger partial charge >= 0.3 is 0 Å². The predicted molar refractivity (Wildman–Crippen MR) is 88.4 cm³/mol. The molecule has 1 fully saturated rings. The molecule has 3 rings (SSSR count). The first kappa shape index (κ1) is 16.4. The molecule has 2 aromatic rings. The van der Waals surface area contributed by atoms with Crippen LogP contribution in [0.25, 0.3) is 0 Å². The Morgan fingerprint density at radius 3 is 1.96 bits per heavy atom. The molecule has 0 spiro atoms. The number of halogens is 3. The van der Waals surface area contributed by atoms with Gasteiger partial charge < -0.3 is 0 Å². The highest BCUT2D eigenvalue weighted by atomic mass is 35.5. The van der Waals surface area contributed by atoms with E-state index in [1.807, 2.05) is 12.1 Å². The molecule has 1 heterocycles. The van der Waals surface area contributed by atoms with Gasteiger partial charge in [0.15, 0.2) is 0 Å². The molecule has 122 valence electrons. The number of piperazine rings is 1. The van der Waals surface area contributed by atoms with Crippen LogP contribution in [-0.4, -0.2) is 36.0 Å². The normalized spacial score (nSPS) is 16.7. The molecule has 0 aromatic heterocycles. The third-order valence-electron chi connectivity index (χ3n) is 4.19. The van der Waals surface area contributed by atoms with Gasteiger partial charge in [0.25, 0.3) is 0 Å². The number of rotatable bonds is 4. The van der Waals surface area contributed by atoms with Crippen LogP contribution in [0.5, 0.6) is 0 Å². The van der Waals surface area contributed by atoms with Gasteiger partial charge in [0.1, 0.15) is 11.6 Å². The molecule has 0 saturated carbocycles. The fourth-order valence-electron chi connectivity index (χ4n) is 2.84. The summed E-state index contributed by atoms with van der Waals surface area (Å²) in [5, 5.41) is 0.485. The average Bonchev–Trinajstić information content (AvgIpc) is 2.54. The first-order valence-electron chi connectivity index (χ1n) is 7.73. The van der Waals surface area contributed by atoms with Crippen molar-refractivity contribution < 1.29 is 8.78 Å². The monoisotopic (exact) mass is 336 g/mol. The number of hydrogen-bond donors (Lipinski definition) is 0. The lowest BCUT2D eigenvalue weighted by Crippen LogP contribution is -2.45. The van der Waals surface area contributed by atoms with Gasteiger partial charge in [-0.15, -0.1) is 0 Å². The highest BCUT2D eigenvalue weighted by molar-refractivity contribution is 6.31. The lowest BCUT2D eigenvalue weighted by atomic mass is 10.1. The Morgan fingerprint density at radius 2 is 1.35 bits per heavy atom. The fourth-order valence-corrected chi connectivity index (χ4v) is 3.07. The molecule has 0 atom stereocenters. The Morgan fingerprint density at radius 1 is 0.783 bits per heavy atom. The van der Waals surface area contributed by atoms with Gasteiger partial charge in [0.05, 0.1) is 0 Å².